The first kappa shape index (κ1) is 17.3. The molecule has 0 saturated carbocycles. The summed E-state index contributed by atoms with van der Waals surface area (Å²) in [5, 5.41) is 5.05. The van der Waals surface area contributed by atoms with Crippen molar-refractivity contribution in [3.05, 3.63) is 63.6 Å². The normalized spacial score (nSPS) is 11.2. The number of hydrogen-bond donors (Lipinski definition) is 2. The van der Waals surface area contributed by atoms with Gasteiger partial charge in [0.1, 0.15) is 0 Å². The van der Waals surface area contributed by atoms with Crippen molar-refractivity contribution in [2.24, 2.45) is 0 Å². The van der Waals surface area contributed by atoms with Crippen molar-refractivity contribution in [2.75, 3.05) is 5.32 Å². The molecule has 7 heteroatoms. The number of nitrogens with one attached hydrogen (secondary N) is 2. The van der Waals surface area contributed by atoms with Gasteiger partial charge in [-0.25, -0.2) is 4.79 Å². The molecular formula is C16H14BrF3N2O. The second-order valence-corrected chi connectivity index (χ2v) is 5.84. The number of amides is 2. The highest BCUT2D eigenvalue weighted by molar-refractivity contribution is 9.10. The molecule has 2 aromatic rings. The predicted octanol–water partition coefficient (Wildman–Crippen LogP) is 5.10. The Balaban J connectivity index is 2.03. The standard InChI is InChI=1S/C16H14BrF3N2O/c1-10-8-12(17)6-7-14(10)22-15(23)21-9-11-4-2-3-5-13(11)16(18,19)20/h2-8H,9H2,1H3,(H2,21,22,23). The number of carbonyl (C=O) groups excluding carboxylic acids is 1. The maximum Gasteiger partial charge on any atom is 0.416 e. The van der Waals surface area contributed by atoms with Crippen LogP contribution in [0.1, 0.15) is 16.7 Å². The quantitative estimate of drug-likeness (QED) is 0.756. The summed E-state index contributed by atoms with van der Waals surface area (Å²) in [4.78, 5) is 11.9. The second-order valence-electron chi connectivity index (χ2n) is 4.92. The molecule has 0 atom stereocenters. The van der Waals surface area contributed by atoms with Gasteiger partial charge in [-0.05, 0) is 42.3 Å². The van der Waals surface area contributed by atoms with Crippen LogP contribution in [0.15, 0.2) is 46.9 Å². The number of urea groups is 1. The number of rotatable bonds is 3. The smallest absolute Gasteiger partial charge is 0.334 e. The number of aryl methyl sites for hydroxylation is 1. The molecule has 0 radical (unpaired) electrons. The lowest BCUT2D eigenvalue weighted by molar-refractivity contribution is -0.138. The molecule has 0 bridgehead atoms. The minimum Gasteiger partial charge on any atom is -0.334 e. The Bertz CT molecular complexity index is 717. The van der Waals surface area contributed by atoms with E-state index in [9.17, 15) is 18.0 Å². The highest BCUT2D eigenvalue weighted by Crippen LogP contribution is 2.31. The number of benzene rings is 2. The van der Waals surface area contributed by atoms with Gasteiger partial charge in [0.05, 0.1) is 5.56 Å². The Morgan fingerprint density at radius 2 is 1.87 bits per heavy atom. The van der Waals surface area contributed by atoms with E-state index in [1.54, 1.807) is 12.1 Å². The van der Waals surface area contributed by atoms with Crippen LogP contribution >= 0.6 is 15.9 Å². The number of hydrogen-bond acceptors (Lipinski definition) is 1. The van der Waals surface area contributed by atoms with Crippen LogP contribution in [0.4, 0.5) is 23.7 Å². The van der Waals surface area contributed by atoms with E-state index in [2.05, 4.69) is 26.6 Å². The van der Waals surface area contributed by atoms with Crippen molar-refractivity contribution < 1.29 is 18.0 Å². The van der Waals surface area contributed by atoms with E-state index in [1.807, 2.05) is 13.0 Å². The summed E-state index contributed by atoms with van der Waals surface area (Å²) >= 11 is 3.32. The Morgan fingerprint density at radius 3 is 2.52 bits per heavy atom. The molecule has 23 heavy (non-hydrogen) atoms. The molecule has 0 fully saturated rings. The molecule has 0 unspecified atom stereocenters. The Morgan fingerprint density at radius 1 is 1.17 bits per heavy atom. The van der Waals surface area contributed by atoms with Crippen molar-refractivity contribution in [3.8, 4) is 0 Å². The first-order valence-corrected chi connectivity index (χ1v) is 7.53. The molecule has 0 aliphatic heterocycles. The molecular weight excluding hydrogens is 373 g/mol. The van der Waals surface area contributed by atoms with E-state index in [0.29, 0.717) is 5.69 Å². The number of anilines is 1. The summed E-state index contributed by atoms with van der Waals surface area (Å²) in [6, 6.07) is 9.90. The van der Waals surface area contributed by atoms with Crippen LogP contribution in [0.3, 0.4) is 0 Å². The molecule has 2 rings (SSSR count). The Labute approximate surface area is 140 Å². The van der Waals surface area contributed by atoms with E-state index >= 15 is 0 Å². The summed E-state index contributed by atoms with van der Waals surface area (Å²) < 4.78 is 39.5. The summed E-state index contributed by atoms with van der Waals surface area (Å²) in [5.41, 5.74) is 0.697. The van der Waals surface area contributed by atoms with Crippen molar-refractivity contribution in [2.45, 2.75) is 19.6 Å². The minimum absolute atomic E-state index is 0.0164. The molecule has 2 N–H and O–H groups in total. The first-order valence-electron chi connectivity index (χ1n) is 6.73. The molecule has 3 nitrogen and oxygen atoms in total. The zero-order valence-corrected chi connectivity index (χ0v) is 13.8. The fraction of sp³-hybridized carbons (Fsp3) is 0.188. The van der Waals surface area contributed by atoms with Crippen molar-refractivity contribution in [1.29, 1.82) is 0 Å². The van der Waals surface area contributed by atoms with Crippen LogP contribution in [-0.2, 0) is 12.7 Å². The highest BCUT2D eigenvalue weighted by atomic mass is 79.9. The number of halogens is 4. The van der Waals surface area contributed by atoms with Gasteiger partial charge in [-0.15, -0.1) is 0 Å². The molecule has 0 heterocycles. The summed E-state index contributed by atoms with van der Waals surface area (Å²) in [6.45, 7) is 1.61. The molecule has 0 spiro atoms. The fourth-order valence-corrected chi connectivity index (χ4v) is 2.54. The van der Waals surface area contributed by atoms with Gasteiger partial charge in [-0.1, -0.05) is 34.1 Å². The molecule has 0 aliphatic rings. The minimum atomic E-state index is -4.45. The lowest BCUT2D eigenvalue weighted by Gasteiger charge is -2.14. The van der Waals surface area contributed by atoms with Gasteiger partial charge in [-0.3, -0.25) is 0 Å². The predicted molar refractivity (Wildman–Crippen MR) is 86.2 cm³/mol. The van der Waals surface area contributed by atoms with Crippen LogP contribution in [0.5, 0.6) is 0 Å². The third-order valence-corrected chi connectivity index (χ3v) is 3.69. The monoisotopic (exact) mass is 386 g/mol. The SMILES string of the molecule is Cc1cc(Br)ccc1NC(=O)NCc1ccccc1C(F)(F)F. The van der Waals surface area contributed by atoms with Crippen LogP contribution in [-0.4, -0.2) is 6.03 Å². The van der Waals surface area contributed by atoms with Gasteiger partial charge < -0.3 is 10.6 Å². The van der Waals surface area contributed by atoms with E-state index in [-0.39, 0.29) is 12.1 Å². The highest BCUT2D eigenvalue weighted by Gasteiger charge is 2.32. The van der Waals surface area contributed by atoms with Gasteiger partial charge in [0.25, 0.3) is 0 Å². The van der Waals surface area contributed by atoms with Crippen molar-refractivity contribution in [3.63, 3.8) is 0 Å². The van der Waals surface area contributed by atoms with E-state index in [0.717, 1.165) is 16.1 Å². The lowest BCUT2D eigenvalue weighted by Crippen LogP contribution is -2.29. The van der Waals surface area contributed by atoms with Crippen LogP contribution in [0.25, 0.3) is 0 Å². The Hall–Kier alpha value is -2.02. The average molecular weight is 387 g/mol. The van der Waals surface area contributed by atoms with Gasteiger partial charge in [0.2, 0.25) is 0 Å². The number of carbonyl (C=O) groups is 1. The zero-order chi connectivity index (χ0) is 17.0. The largest absolute Gasteiger partial charge is 0.416 e. The average Bonchev–Trinajstić information content (AvgIpc) is 2.47. The molecule has 0 aliphatic carbocycles. The second kappa shape index (κ2) is 7.04. The number of alkyl halides is 3. The van der Waals surface area contributed by atoms with Gasteiger partial charge in [0, 0.05) is 16.7 Å². The third-order valence-electron chi connectivity index (χ3n) is 3.20. The summed E-state index contributed by atoms with van der Waals surface area (Å²) in [6.07, 6.45) is -4.45. The van der Waals surface area contributed by atoms with Crippen LogP contribution < -0.4 is 10.6 Å². The van der Waals surface area contributed by atoms with Gasteiger partial charge in [0.15, 0.2) is 0 Å². The Kier molecular flexibility index (Phi) is 5.30. The van der Waals surface area contributed by atoms with Crippen molar-refractivity contribution >= 4 is 27.6 Å². The molecule has 2 aromatic carbocycles. The first-order chi connectivity index (χ1) is 10.8. The summed E-state index contributed by atoms with van der Waals surface area (Å²) in [5.74, 6) is 0. The molecule has 122 valence electrons. The topological polar surface area (TPSA) is 41.1 Å². The lowest BCUT2D eigenvalue weighted by atomic mass is 10.1. The summed E-state index contributed by atoms with van der Waals surface area (Å²) in [7, 11) is 0. The third kappa shape index (κ3) is 4.72. The zero-order valence-electron chi connectivity index (χ0n) is 12.2. The molecule has 0 aromatic heterocycles. The van der Waals surface area contributed by atoms with Crippen LogP contribution in [0.2, 0.25) is 0 Å². The molecule has 0 saturated heterocycles. The van der Waals surface area contributed by atoms with E-state index in [4.69, 9.17) is 0 Å². The van der Waals surface area contributed by atoms with Gasteiger partial charge in [-0.2, -0.15) is 13.2 Å². The fourth-order valence-electron chi connectivity index (χ4n) is 2.06. The van der Waals surface area contributed by atoms with Crippen LogP contribution in [0, 0.1) is 6.92 Å². The van der Waals surface area contributed by atoms with Crippen molar-refractivity contribution in [1.82, 2.24) is 5.32 Å². The van der Waals surface area contributed by atoms with E-state index in [1.165, 1.54) is 18.2 Å². The molecule has 2 amide bonds. The van der Waals surface area contributed by atoms with E-state index < -0.39 is 17.8 Å². The van der Waals surface area contributed by atoms with Gasteiger partial charge >= 0.3 is 12.2 Å². The maximum atomic E-state index is 12.9. The maximum absolute atomic E-state index is 12.9.